The van der Waals surface area contributed by atoms with Crippen LogP contribution in [-0.2, 0) is 0 Å². The molecule has 0 aliphatic carbocycles. The largest absolute Gasteiger partial charge is 0.455 e. The van der Waals surface area contributed by atoms with Gasteiger partial charge in [0.2, 0.25) is 0 Å². The number of aryl methyl sites for hydroxylation is 14. The summed E-state index contributed by atoms with van der Waals surface area (Å²) in [6, 6.07) is 32.9. The van der Waals surface area contributed by atoms with Gasteiger partial charge in [0.25, 0.3) is 0 Å². The molecule has 59 heavy (non-hydrogen) atoms. The Balaban J connectivity index is 1.50. The van der Waals surface area contributed by atoms with Crippen LogP contribution in [0, 0.1) is 96.9 Å². The predicted molar refractivity (Wildman–Crippen MR) is 255 cm³/mol. The Kier molecular flexibility index (Phi) is 9.05. The lowest BCUT2D eigenvalue weighted by Crippen LogP contribution is -2.06. The zero-order valence-electron chi connectivity index (χ0n) is 37.5. The van der Waals surface area contributed by atoms with Crippen LogP contribution in [0.3, 0.4) is 0 Å². The lowest BCUT2D eigenvalue weighted by Gasteiger charge is -2.30. The zero-order valence-corrected chi connectivity index (χ0v) is 37.5. The van der Waals surface area contributed by atoms with Crippen LogP contribution in [0.1, 0.15) is 77.9 Å². The highest BCUT2D eigenvalue weighted by Crippen LogP contribution is 2.58. The smallest absolute Gasteiger partial charge is 0.143 e. The summed E-state index contributed by atoms with van der Waals surface area (Å²) < 4.78 is 7.48. The third-order valence-electron chi connectivity index (χ3n) is 13.2. The molecule has 8 aromatic rings. The van der Waals surface area contributed by atoms with Crippen molar-refractivity contribution in [3.05, 3.63) is 163 Å². The minimum Gasteiger partial charge on any atom is -0.455 e. The molecular weight excluding hydrogens is 713 g/mol. The Hall–Kier alpha value is -5.92. The summed E-state index contributed by atoms with van der Waals surface area (Å²) in [5.74, 6) is 1.87. The second-order valence-electron chi connectivity index (χ2n) is 18.1. The van der Waals surface area contributed by atoms with E-state index in [-0.39, 0.29) is 0 Å². The van der Waals surface area contributed by atoms with Gasteiger partial charge in [-0.05, 0) is 232 Å². The molecule has 9 rings (SSSR count). The molecule has 1 heterocycles. The third kappa shape index (κ3) is 5.96. The van der Waals surface area contributed by atoms with Crippen LogP contribution in [0.15, 0.2) is 84.9 Å². The molecule has 0 spiro atoms. The summed E-state index contributed by atoms with van der Waals surface area (Å²) in [6.45, 7) is 31.6. The molecule has 0 unspecified atom stereocenters. The van der Waals surface area contributed by atoms with Crippen LogP contribution in [-0.4, -0.2) is 0 Å². The van der Waals surface area contributed by atoms with Crippen molar-refractivity contribution in [3.8, 4) is 67.1 Å². The molecule has 1 nitrogen and oxygen atoms in total. The van der Waals surface area contributed by atoms with Gasteiger partial charge < -0.3 is 4.74 Å². The third-order valence-corrected chi connectivity index (χ3v) is 13.2. The number of ether oxygens (including phenoxy) is 1. The number of hydrogen-bond acceptors (Lipinski definition) is 1. The van der Waals surface area contributed by atoms with Gasteiger partial charge in [-0.2, -0.15) is 0 Å². The van der Waals surface area contributed by atoms with Crippen molar-refractivity contribution in [3.63, 3.8) is 0 Å². The monoisotopic (exact) mass is 768 g/mol. The van der Waals surface area contributed by atoms with E-state index in [1.807, 2.05) is 0 Å². The van der Waals surface area contributed by atoms with Gasteiger partial charge in [0.05, 0.1) is 0 Å². The molecule has 0 saturated carbocycles. The average molecular weight is 769 g/mol. The molecule has 0 saturated heterocycles. The number of hydrogen-bond donors (Lipinski definition) is 0. The molecule has 8 aromatic carbocycles. The maximum atomic E-state index is 7.48. The van der Waals surface area contributed by atoms with Crippen LogP contribution in [0.25, 0.3) is 77.2 Å². The molecule has 0 fully saturated rings. The Bertz CT molecular complexity index is 3060. The Morgan fingerprint density at radius 2 is 0.644 bits per heavy atom. The van der Waals surface area contributed by atoms with Gasteiger partial charge in [0.1, 0.15) is 11.5 Å². The summed E-state index contributed by atoms with van der Waals surface area (Å²) in [7, 11) is 0. The number of benzene rings is 8. The topological polar surface area (TPSA) is 9.23 Å². The van der Waals surface area contributed by atoms with Crippen molar-refractivity contribution >= 4 is 21.5 Å². The second kappa shape index (κ2) is 13.8. The van der Waals surface area contributed by atoms with Crippen LogP contribution in [0.5, 0.6) is 11.5 Å². The average Bonchev–Trinajstić information content (AvgIpc) is 3.13. The van der Waals surface area contributed by atoms with Gasteiger partial charge in [-0.15, -0.1) is 0 Å². The van der Waals surface area contributed by atoms with Gasteiger partial charge in [-0.25, -0.2) is 0 Å². The molecule has 0 bridgehead atoms. The fourth-order valence-corrected chi connectivity index (χ4v) is 11.4. The van der Waals surface area contributed by atoms with Gasteiger partial charge >= 0.3 is 0 Å². The van der Waals surface area contributed by atoms with Crippen molar-refractivity contribution in [2.24, 2.45) is 0 Å². The van der Waals surface area contributed by atoms with E-state index in [1.54, 1.807) is 0 Å². The van der Waals surface area contributed by atoms with Gasteiger partial charge in [-0.1, -0.05) is 82.9 Å². The standard InChI is InChI=1S/C58H56O/c1-29-19-34(6)50(35(7)20-29)45-27-46(51-36(8)21-30(2)22-37(51)9)43-17-18-49-57(55(43)42(45)14)54-33(5)15-16-44-47(52-38(10)23-31(3)24-39(52)11)28-48(58(59-49)56(44)54)53-40(12)25-32(4)26-41(53)13/h15-28H,1-14H3. The zero-order chi connectivity index (χ0) is 41.9. The number of rotatable bonds is 4. The van der Waals surface area contributed by atoms with E-state index in [2.05, 4.69) is 182 Å². The first-order valence-corrected chi connectivity index (χ1v) is 21.3. The van der Waals surface area contributed by atoms with Crippen LogP contribution in [0.2, 0.25) is 0 Å². The first-order chi connectivity index (χ1) is 28.0. The summed E-state index contributed by atoms with van der Waals surface area (Å²) in [5, 5.41) is 4.96. The quantitative estimate of drug-likeness (QED) is 0.173. The molecule has 0 amide bonds. The van der Waals surface area contributed by atoms with Crippen molar-refractivity contribution in [2.45, 2.75) is 96.9 Å². The normalized spacial score (nSPS) is 12.0. The maximum Gasteiger partial charge on any atom is 0.143 e. The molecule has 0 N–H and O–H groups in total. The van der Waals surface area contributed by atoms with Crippen molar-refractivity contribution in [2.75, 3.05) is 0 Å². The molecule has 1 heteroatoms. The van der Waals surface area contributed by atoms with E-state index in [0.29, 0.717) is 0 Å². The Morgan fingerprint density at radius 3 is 1.08 bits per heavy atom. The molecule has 1 aliphatic rings. The predicted octanol–water partition coefficient (Wildman–Crippen LogP) is 16.8. The van der Waals surface area contributed by atoms with Crippen LogP contribution >= 0.6 is 0 Å². The van der Waals surface area contributed by atoms with Gasteiger partial charge in [0, 0.05) is 22.1 Å². The Labute approximate surface area is 351 Å². The fraction of sp³-hybridized carbons (Fsp3) is 0.241. The van der Waals surface area contributed by atoms with Gasteiger partial charge in [-0.3, -0.25) is 0 Å². The SMILES string of the molecule is Cc1cc(C)c(-c2cc(-c3c(C)cc(C)cc3C)c3ccc4c(c3c2C)-c2c(C)ccc3c(-c5c(C)cc(C)cc5C)cc(-c5c(C)cc(C)cc5C)c(c23)O4)c(C)c1. The van der Waals surface area contributed by atoms with Crippen LogP contribution in [0.4, 0.5) is 0 Å². The maximum absolute atomic E-state index is 7.48. The number of fused-ring (bicyclic) bond motifs is 4. The molecule has 0 atom stereocenters. The summed E-state index contributed by atoms with van der Waals surface area (Å²) in [4.78, 5) is 0. The lowest BCUT2D eigenvalue weighted by molar-refractivity contribution is 0.489. The van der Waals surface area contributed by atoms with Gasteiger partial charge in [0.15, 0.2) is 0 Å². The molecule has 1 aliphatic heterocycles. The summed E-state index contributed by atoms with van der Waals surface area (Å²) in [6.07, 6.45) is 0. The lowest BCUT2D eigenvalue weighted by atomic mass is 9.78. The Morgan fingerprint density at radius 1 is 0.288 bits per heavy atom. The second-order valence-corrected chi connectivity index (χ2v) is 18.1. The van der Waals surface area contributed by atoms with Crippen molar-refractivity contribution in [1.82, 2.24) is 0 Å². The highest BCUT2D eigenvalue weighted by molar-refractivity contribution is 6.21. The summed E-state index contributed by atoms with van der Waals surface area (Å²) >= 11 is 0. The molecule has 0 radical (unpaired) electrons. The first-order valence-electron chi connectivity index (χ1n) is 21.3. The minimum absolute atomic E-state index is 0.917. The molecular formula is C58H56O. The van der Waals surface area contributed by atoms with E-state index in [0.717, 1.165) is 17.1 Å². The minimum atomic E-state index is 0.917. The summed E-state index contributed by atoms with van der Waals surface area (Å²) in [5.41, 5.74) is 30.7. The fourth-order valence-electron chi connectivity index (χ4n) is 11.4. The van der Waals surface area contributed by atoms with Crippen molar-refractivity contribution in [1.29, 1.82) is 0 Å². The highest BCUT2D eigenvalue weighted by atomic mass is 16.5. The first kappa shape index (κ1) is 38.6. The van der Waals surface area contributed by atoms with Crippen molar-refractivity contribution < 1.29 is 4.74 Å². The highest BCUT2D eigenvalue weighted by Gasteiger charge is 2.32. The van der Waals surface area contributed by atoms with E-state index < -0.39 is 0 Å². The molecule has 0 aromatic heterocycles. The van der Waals surface area contributed by atoms with E-state index >= 15 is 0 Å². The van der Waals surface area contributed by atoms with E-state index in [4.69, 9.17) is 4.74 Å². The van der Waals surface area contributed by atoms with E-state index in [1.165, 1.54) is 150 Å². The van der Waals surface area contributed by atoms with Crippen LogP contribution < -0.4 is 4.74 Å². The van der Waals surface area contributed by atoms with E-state index in [9.17, 15) is 0 Å². The molecule has 294 valence electrons.